The van der Waals surface area contributed by atoms with Crippen molar-refractivity contribution in [1.82, 2.24) is 15.1 Å². The minimum atomic E-state index is -4.66. The lowest BCUT2D eigenvalue weighted by Gasteiger charge is -2.16. The van der Waals surface area contributed by atoms with Gasteiger partial charge in [-0.3, -0.25) is 14.3 Å². The van der Waals surface area contributed by atoms with E-state index < -0.39 is 35.6 Å². The van der Waals surface area contributed by atoms with E-state index in [1.807, 2.05) is 0 Å². The fourth-order valence-electron chi connectivity index (χ4n) is 2.27. The van der Waals surface area contributed by atoms with E-state index in [9.17, 15) is 22.8 Å². The summed E-state index contributed by atoms with van der Waals surface area (Å²) in [6.07, 6.45) is -3.70. The maximum Gasteiger partial charge on any atom is 0.433 e. The highest BCUT2D eigenvalue weighted by Gasteiger charge is 2.47. The number of carboxylic acid groups (broad SMARTS) is 1. The summed E-state index contributed by atoms with van der Waals surface area (Å²) in [4.78, 5) is 22.4. The number of nitrogens with zero attached hydrogens (tertiary/aromatic N) is 2. The van der Waals surface area contributed by atoms with Gasteiger partial charge in [0, 0.05) is 25.1 Å². The van der Waals surface area contributed by atoms with Crippen LogP contribution in [0.25, 0.3) is 0 Å². The fourth-order valence-corrected chi connectivity index (χ4v) is 2.27. The van der Waals surface area contributed by atoms with Crippen LogP contribution >= 0.6 is 0 Å². The van der Waals surface area contributed by atoms with Gasteiger partial charge in [-0.05, 0) is 0 Å². The number of hydrogen-bond donors (Lipinski definition) is 2. The third-order valence-corrected chi connectivity index (χ3v) is 3.08. The van der Waals surface area contributed by atoms with Crippen LogP contribution in [0.1, 0.15) is 17.2 Å². The second-order valence-corrected chi connectivity index (χ2v) is 4.24. The van der Waals surface area contributed by atoms with Crippen LogP contribution in [0.4, 0.5) is 13.2 Å². The molecule has 2 heterocycles. The van der Waals surface area contributed by atoms with Crippen LogP contribution in [-0.4, -0.2) is 33.3 Å². The van der Waals surface area contributed by atoms with E-state index in [0.29, 0.717) is 4.68 Å². The van der Waals surface area contributed by atoms with Crippen LogP contribution in [0.15, 0.2) is 6.20 Å². The highest BCUT2D eigenvalue weighted by Crippen LogP contribution is 2.38. The zero-order valence-corrected chi connectivity index (χ0v) is 9.73. The molecule has 1 amide bonds. The number of carbonyl (C=O) groups excluding carboxylic acids is 1. The summed E-state index contributed by atoms with van der Waals surface area (Å²) in [6.45, 7) is -0.148. The van der Waals surface area contributed by atoms with E-state index in [-0.39, 0.29) is 12.1 Å². The summed E-state index contributed by atoms with van der Waals surface area (Å²) in [6, 6.07) is 0. The summed E-state index contributed by atoms with van der Waals surface area (Å²) in [5.41, 5.74) is -1.30. The van der Waals surface area contributed by atoms with Crippen molar-refractivity contribution < 1.29 is 27.9 Å². The number of carbonyl (C=O) groups is 2. The van der Waals surface area contributed by atoms with Crippen LogP contribution in [-0.2, 0) is 22.8 Å². The van der Waals surface area contributed by atoms with Crippen molar-refractivity contribution in [3.63, 3.8) is 0 Å². The van der Waals surface area contributed by atoms with Crippen molar-refractivity contribution >= 4 is 11.9 Å². The van der Waals surface area contributed by atoms with Gasteiger partial charge in [-0.1, -0.05) is 0 Å². The molecule has 0 bridgehead atoms. The van der Waals surface area contributed by atoms with E-state index in [1.165, 1.54) is 0 Å². The van der Waals surface area contributed by atoms with Crippen molar-refractivity contribution in [1.29, 1.82) is 0 Å². The highest BCUT2D eigenvalue weighted by atomic mass is 19.4. The molecular weight excluding hydrogens is 267 g/mol. The van der Waals surface area contributed by atoms with E-state index in [4.69, 9.17) is 5.11 Å². The zero-order valence-electron chi connectivity index (χ0n) is 9.73. The maximum atomic E-state index is 12.9. The second-order valence-electron chi connectivity index (χ2n) is 4.24. The van der Waals surface area contributed by atoms with Gasteiger partial charge in [-0.15, -0.1) is 0 Å². The Morgan fingerprint density at radius 3 is 2.74 bits per heavy atom. The third kappa shape index (κ3) is 2.15. The number of alkyl halides is 3. The molecule has 1 fully saturated rings. The molecule has 0 aliphatic carbocycles. The smallest absolute Gasteiger partial charge is 0.433 e. The van der Waals surface area contributed by atoms with Gasteiger partial charge in [0.25, 0.3) is 0 Å². The van der Waals surface area contributed by atoms with Gasteiger partial charge >= 0.3 is 12.1 Å². The summed E-state index contributed by atoms with van der Waals surface area (Å²) < 4.78 is 39.4. The predicted molar refractivity (Wildman–Crippen MR) is 55.1 cm³/mol. The quantitative estimate of drug-likeness (QED) is 0.764. The van der Waals surface area contributed by atoms with Crippen LogP contribution in [0, 0.1) is 5.92 Å². The number of aliphatic carboxylic acids is 1. The third-order valence-electron chi connectivity index (χ3n) is 3.08. The monoisotopic (exact) mass is 277 g/mol. The highest BCUT2D eigenvalue weighted by molar-refractivity contribution is 5.99. The van der Waals surface area contributed by atoms with Gasteiger partial charge in [-0.2, -0.15) is 18.3 Å². The number of aryl methyl sites for hydroxylation is 1. The summed E-state index contributed by atoms with van der Waals surface area (Å²) in [5.74, 6) is -4.83. The molecule has 0 radical (unpaired) electrons. The fraction of sp³-hybridized carbons (Fsp3) is 0.500. The van der Waals surface area contributed by atoms with Crippen molar-refractivity contribution in [2.24, 2.45) is 13.0 Å². The molecule has 2 N–H and O–H groups in total. The Morgan fingerprint density at radius 2 is 2.21 bits per heavy atom. The summed E-state index contributed by atoms with van der Waals surface area (Å²) in [7, 11) is 1.12. The molecule has 1 saturated heterocycles. The molecule has 19 heavy (non-hydrogen) atoms. The van der Waals surface area contributed by atoms with E-state index in [0.717, 1.165) is 13.2 Å². The van der Waals surface area contributed by atoms with Gasteiger partial charge < -0.3 is 10.4 Å². The normalized spacial score (nSPS) is 23.5. The average Bonchev–Trinajstić information content (AvgIpc) is 2.80. The Morgan fingerprint density at radius 1 is 1.58 bits per heavy atom. The minimum absolute atomic E-state index is 0.148. The molecule has 9 heteroatoms. The van der Waals surface area contributed by atoms with Crippen LogP contribution < -0.4 is 5.32 Å². The lowest BCUT2D eigenvalue weighted by Crippen LogP contribution is -2.27. The van der Waals surface area contributed by atoms with E-state index in [2.05, 4.69) is 10.4 Å². The van der Waals surface area contributed by atoms with Crippen molar-refractivity contribution in [2.45, 2.75) is 12.1 Å². The predicted octanol–water partition coefficient (Wildman–Crippen LogP) is 0.353. The Hall–Kier alpha value is -2.06. The van der Waals surface area contributed by atoms with Crippen LogP contribution in [0.5, 0.6) is 0 Å². The second kappa shape index (κ2) is 4.25. The average molecular weight is 277 g/mol. The summed E-state index contributed by atoms with van der Waals surface area (Å²) in [5, 5.41) is 14.7. The molecule has 0 aromatic carbocycles. The number of carboxylic acids is 1. The molecule has 1 aromatic heterocycles. The van der Waals surface area contributed by atoms with Gasteiger partial charge in [-0.25, -0.2) is 0 Å². The Bertz CT molecular complexity index is 538. The number of aromatic nitrogens is 2. The number of amides is 1. The first kappa shape index (κ1) is 13.4. The zero-order chi connectivity index (χ0) is 14.4. The number of rotatable bonds is 2. The summed E-state index contributed by atoms with van der Waals surface area (Å²) >= 11 is 0. The largest absolute Gasteiger partial charge is 0.481 e. The molecule has 2 atom stereocenters. The van der Waals surface area contributed by atoms with Crippen LogP contribution in [0.2, 0.25) is 0 Å². The number of nitrogens with one attached hydrogen (secondary N) is 1. The first-order valence-electron chi connectivity index (χ1n) is 5.33. The molecule has 6 nitrogen and oxygen atoms in total. The molecule has 1 aromatic rings. The molecule has 1 aliphatic rings. The topological polar surface area (TPSA) is 84.2 Å². The van der Waals surface area contributed by atoms with Crippen molar-refractivity contribution in [3.8, 4) is 0 Å². The number of hydrogen-bond acceptors (Lipinski definition) is 3. The molecular formula is C10H10F3N3O3. The Balaban J connectivity index is 2.48. The number of halogens is 3. The molecule has 2 rings (SSSR count). The lowest BCUT2D eigenvalue weighted by molar-refractivity contribution is -0.148. The van der Waals surface area contributed by atoms with Gasteiger partial charge in [0.2, 0.25) is 5.91 Å². The van der Waals surface area contributed by atoms with Gasteiger partial charge in [0.05, 0.1) is 6.20 Å². The van der Waals surface area contributed by atoms with E-state index in [1.54, 1.807) is 0 Å². The maximum absolute atomic E-state index is 12.9. The first-order chi connectivity index (χ1) is 8.73. The molecule has 104 valence electrons. The molecule has 1 aliphatic heterocycles. The standard InChI is InChI=1S/C10H10F3N3O3/c1-16-7(10(11,12)13)5(3-15-16)4-2-14-8(17)6(4)9(18)19/h3-4,6H,2H2,1H3,(H,14,17)(H,18,19)/t4-,6-/m1/s1. The lowest BCUT2D eigenvalue weighted by atomic mass is 9.88. The SMILES string of the molecule is Cn1ncc([C@H]2CNC(=O)[C@@H]2C(=O)O)c1C(F)(F)F. The Labute approximate surface area is 105 Å². The minimum Gasteiger partial charge on any atom is -0.481 e. The van der Waals surface area contributed by atoms with Crippen molar-refractivity contribution in [3.05, 3.63) is 17.5 Å². The van der Waals surface area contributed by atoms with Gasteiger partial charge in [0.15, 0.2) is 0 Å². The Kier molecular flexibility index (Phi) is 2.99. The van der Waals surface area contributed by atoms with E-state index >= 15 is 0 Å². The molecule has 0 unspecified atom stereocenters. The van der Waals surface area contributed by atoms with Crippen LogP contribution in [0.3, 0.4) is 0 Å². The first-order valence-corrected chi connectivity index (χ1v) is 5.33. The van der Waals surface area contributed by atoms with Gasteiger partial charge in [0.1, 0.15) is 11.6 Å². The van der Waals surface area contributed by atoms with Crippen molar-refractivity contribution in [2.75, 3.05) is 6.54 Å². The molecule has 0 saturated carbocycles. The molecule has 0 spiro atoms.